The molecule has 1 aliphatic carbocycles. The van der Waals surface area contributed by atoms with Crippen molar-refractivity contribution >= 4 is 5.78 Å². The zero-order valence-electron chi connectivity index (χ0n) is 9.33. The largest absolute Gasteiger partial charge is 0.300 e. The highest BCUT2D eigenvalue weighted by atomic mass is 16.1. The average molecular weight is 202 g/mol. The average Bonchev–Trinajstić information content (AvgIpc) is 2.24. The Hall–Kier alpha value is -1.11. The Kier molecular flexibility index (Phi) is 2.90. The SMILES string of the molecule is CC1(Cc2ccccc2)CCC(=O)CC1. The summed E-state index contributed by atoms with van der Waals surface area (Å²) >= 11 is 0. The van der Waals surface area contributed by atoms with Crippen LogP contribution in [0.4, 0.5) is 0 Å². The van der Waals surface area contributed by atoms with E-state index in [1.54, 1.807) is 0 Å². The maximum Gasteiger partial charge on any atom is 0.132 e. The van der Waals surface area contributed by atoms with E-state index in [0.717, 1.165) is 32.1 Å². The van der Waals surface area contributed by atoms with Gasteiger partial charge in [0.25, 0.3) is 0 Å². The minimum absolute atomic E-state index is 0.343. The maximum absolute atomic E-state index is 11.2. The van der Waals surface area contributed by atoms with Crippen LogP contribution >= 0.6 is 0 Å². The Morgan fingerprint density at radius 3 is 2.33 bits per heavy atom. The van der Waals surface area contributed by atoms with Crippen LogP contribution < -0.4 is 0 Å². The van der Waals surface area contributed by atoms with Gasteiger partial charge in [-0.05, 0) is 30.2 Å². The summed E-state index contributed by atoms with van der Waals surface area (Å²) in [6.07, 6.45) is 4.79. The molecule has 0 radical (unpaired) electrons. The molecule has 0 amide bonds. The fraction of sp³-hybridized carbons (Fsp3) is 0.500. The van der Waals surface area contributed by atoms with Crippen LogP contribution in [0.25, 0.3) is 0 Å². The number of hydrogen-bond acceptors (Lipinski definition) is 1. The van der Waals surface area contributed by atoms with E-state index < -0.39 is 0 Å². The van der Waals surface area contributed by atoms with Gasteiger partial charge in [-0.25, -0.2) is 0 Å². The van der Waals surface area contributed by atoms with Crippen LogP contribution in [0.2, 0.25) is 0 Å². The smallest absolute Gasteiger partial charge is 0.132 e. The molecule has 0 spiro atoms. The second kappa shape index (κ2) is 4.18. The second-order valence-corrected chi connectivity index (χ2v) is 5.01. The van der Waals surface area contributed by atoms with Crippen LogP contribution in [0.1, 0.15) is 38.2 Å². The summed E-state index contributed by atoms with van der Waals surface area (Å²) in [6.45, 7) is 2.31. The second-order valence-electron chi connectivity index (χ2n) is 5.01. The van der Waals surface area contributed by atoms with E-state index in [2.05, 4.69) is 37.3 Å². The van der Waals surface area contributed by atoms with Gasteiger partial charge in [0.15, 0.2) is 0 Å². The minimum Gasteiger partial charge on any atom is -0.300 e. The van der Waals surface area contributed by atoms with Crippen molar-refractivity contribution in [2.24, 2.45) is 5.41 Å². The van der Waals surface area contributed by atoms with Crippen molar-refractivity contribution in [3.8, 4) is 0 Å². The third-order valence-electron chi connectivity index (χ3n) is 3.49. The first-order valence-corrected chi connectivity index (χ1v) is 5.74. The van der Waals surface area contributed by atoms with Crippen LogP contribution in [-0.4, -0.2) is 5.78 Å². The van der Waals surface area contributed by atoms with E-state index in [4.69, 9.17) is 0 Å². The molecule has 15 heavy (non-hydrogen) atoms. The lowest BCUT2D eigenvalue weighted by Crippen LogP contribution is -2.26. The van der Waals surface area contributed by atoms with Crippen LogP contribution in [0.3, 0.4) is 0 Å². The van der Waals surface area contributed by atoms with E-state index in [1.165, 1.54) is 5.56 Å². The van der Waals surface area contributed by atoms with Crippen LogP contribution in [0.5, 0.6) is 0 Å². The van der Waals surface area contributed by atoms with Gasteiger partial charge in [-0.15, -0.1) is 0 Å². The van der Waals surface area contributed by atoms with Crippen molar-refractivity contribution in [3.63, 3.8) is 0 Å². The molecular weight excluding hydrogens is 184 g/mol. The van der Waals surface area contributed by atoms with Gasteiger partial charge in [-0.1, -0.05) is 37.3 Å². The van der Waals surface area contributed by atoms with Gasteiger partial charge in [0, 0.05) is 12.8 Å². The van der Waals surface area contributed by atoms with E-state index in [1.807, 2.05) is 0 Å². The number of Topliss-reactive ketones (excluding diaryl/α,β-unsaturated/α-hetero) is 1. The molecule has 0 bridgehead atoms. The van der Waals surface area contributed by atoms with Crippen LogP contribution in [-0.2, 0) is 11.2 Å². The van der Waals surface area contributed by atoms with Crippen molar-refractivity contribution in [2.45, 2.75) is 39.0 Å². The number of hydrogen-bond donors (Lipinski definition) is 0. The highest BCUT2D eigenvalue weighted by molar-refractivity contribution is 5.79. The highest BCUT2D eigenvalue weighted by Crippen LogP contribution is 2.37. The van der Waals surface area contributed by atoms with Crippen molar-refractivity contribution < 1.29 is 4.79 Å². The number of carbonyl (C=O) groups is 1. The molecule has 0 unspecified atom stereocenters. The fourth-order valence-electron chi connectivity index (χ4n) is 2.40. The molecule has 0 aromatic heterocycles. The zero-order chi connectivity index (χ0) is 10.7. The summed E-state index contributed by atoms with van der Waals surface area (Å²) in [5.74, 6) is 0.445. The standard InChI is InChI=1S/C14H18O/c1-14(9-7-13(15)8-10-14)11-12-5-3-2-4-6-12/h2-6H,7-11H2,1H3. The van der Waals surface area contributed by atoms with Crippen molar-refractivity contribution in [1.29, 1.82) is 0 Å². The summed E-state index contributed by atoms with van der Waals surface area (Å²) < 4.78 is 0. The highest BCUT2D eigenvalue weighted by Gasteiger charge is 2.29. The first-order chi connectivity index (χ1) is 7.18. The molecule has 1 aromatic carbocycles. The molecule has 0 saturated heterocycles. The molecule has 1 nitrogen and oxygen atoms in total. The van der Waals surface area contributed by atoms with Gasteiger partial charge in [0.2, 0.25) is 0 Å². The molecule has 80 valence electrons. The zero-order valence-corrected chi connectivity index (χ0v) is 9.33. The number of carbonyl (C=O) groups excluding carboxylic acids is 1. The predicted octanol–water partition coefficient (Wildman–Crippen LogP) is 3.38. The Morgan fingerprint density at radius 1 is 1.13 bits per heavy atom. The molecule has 0 N–H and O–H groups in total. The van der Waals surface area contributed by atoms with Crippen LogP contribution in [0.15, 0.2) is 30.3 Å². The number of rotatable bonds is 2. The first-order valence-electron chi connectivity index (χ1n) is 5.74. The topological polar surface area (TPSA) is 17.1 Å². The van der Waals surface area contributed by atoms with Crippen molar-refractivity contribution in [1.82, 2.24) is 0 Å². The van der Waals surface area contributed by atoms with Gasteiger partial charge in [0.05, 0.1) is 0 Å². The monoisotopic (exact) mass is 202 g/mol. The van der Waals surface area contributed by atoms with Crippen LogP contribution in [0, 0.1) is 5.41 Å². The van der Waals surface area contributed by atoms with Crippen molar-refractivity contribution in [2.75, 3.05) is 0 Å². The van der Waals surface area contributed by atoms with E-state index >= 15 is 0 Å². The van der Waals surface area contributed by atoms with Gasteiger partial charge < -0.3 is 0 Å². The normalized spacial score (nSPS) is 20.2. The number of ketones is 1. The van der Waals surface area contributed by atoms with Gasteiger partial charge in [-0.3, -0.25) is 4.79 Å². The molecule has 1 saturated carbocycles. The maximum atomic E-state index is 11.2. The predicted molar refractivity (Wildman–Crippen MR) is 61.7 cm³/mol. The van der Waals surface area contributed by atoms with Gasteiger partial charge >= 0.3 is 0 Å². The summed E-state index contributed by atoms with van der Waals surface area (Å²) in [5, 5.41) is 0. The molecule has 2 rings (SSSR count). The molecule has 1 aromatic rings. The Bertz CT molecular complexity index is 330. The number of benzene rings is 1. The molecule has 0 heterocycles. The third kappa shape index (κ3) is 2.68. The molecule has 0 atom stereocenters. The molecular formula is C14H18O. The van der Waals surface area contributed by atoms with E-state index in [9.17, 15) is 4.79 Å². The molecule has 1 fully saturated rings. The third-order valence-corrected chi connectivity index (χ3v) is 3.49. The summed E-state index contributed by atoms with van der Waals surface area (Å²) in [6, 6.07) is 10.6. The molecule has 0 aliphatic heterocycles. The van der Waals surface area contributed by atoms with Crippen molar-refractivity contribution in [3.05, 3.63) is 35.9 Å². The van der Waals surface area contributed by atoms with Gasteiger partial charge in [0.1, 0.15) is 5.78 Å². The summed E-state index contributed by atoms with van der Waals surface area (Å²) in [5.41, 5.74) is 1.74. The quantitative estimate of drug-likeness (QED) is 0.718. The fourth-order valence-corrected chi connectivity index (χ4v) is 2.40. The van der Waals surface area contributed by atoms with E-state index in [-0.39, 0.29) is 0 Å². The van der Waals surface area contributed by atoms with Gasteiger partial charge in [-0.2, -0.15) is 0 Å². The lowest BCUT2D eigenvalue weighted by Gasteiger charge is -2.33. The minimum atomic E-state index is 0.343. The lowest BCUT2D eigenvalue weighted by molar-refractivity contribution is -0.122. The Labute approximate surface area is 91.5 Å². The molecule has 1 aliphatic rings. The van der Waals surface area contributed by atoms with E-state index in [0.29, 0.717) is 11.2 Å². The Morgan fingerprint density at radius 2 is 1.73 bits per heavy atom. The Balaban J connectivity index is 2.02. The first kappa shape index (κ1) is 10.4. The molecule has 1 heteroatoms. The summed E-state index contributed by atoms with van der Waals surface area (Å²) in [4.78, 5) is 11.2. The lowest BCUT2D eigenvalue weighted by atomic mass is 9.71. The summed E-state index contributed by atoms with van der Waals surface area (Å²) in [7, 11) is 0.